The van der Waals surface area contributed by atoms with E-state index < -0.39 is 9.84 Å². The Hall–Kier alpha value is -1.36. The summed E-state index contributed by atoms with van der Waals surface area (Å²) in [6.45, 7) is 0. The van der Waals surface area contributed by atoms with Crippen LogP contribution >= 0.6 is 23.2 Å². The number of sulfone groups is 1. The van der Waals surface area contributed by atoms with Crippen molar-refractivity contribution in [1.29, 1.82) is 0 Å². The molecule has 0 radical (unpaired) electrons. The molecule has 0 aliphatic carbocycles. The number of rotatable bonds is 3. The lowest BCUT2D eigenvalue weighted by Crippen LogP contribution is -1.95. The summed E-state index contributed by atoms with van der Waals surface area (Å²) in [4.78, 5) is 4.15. The third-order valence-electron chi connectivity index (χ3n) is 2.30. The molecule has 0 aliphatic heterocycles. The van der Waals surface area contributed by atoms with Crippen LogP contribution in [0.3, 0.4) is 0 Å². The van der Waals surface area contributed by atoms with Crippen molar-refractivity contribution in [3.63, 3.8) is 0 Å². The number of aromatic nitrogens is 1. The van der Waals surface area contributed by atoms with Gasteiger partial charge >= 0.3 is 0 Å². The van der Waals surface area contributed by atoms with Crippen molar-refractivity contribution in [3.8, 4) is 0 Å². The Morgan fingerprint density at radius 3 is 2.32 bits per heavy atom. The van der Waals surface area contributed by atoms with Gasteiger partial charge in [-0.05, 0) is 42.5 Å². The monoisotopic (exact) mass is 313 g/mol. The van der Waals surface area contributed by atoms with Crippen molar-refractivity contribution >= 4 is 39.1 Å². The highest BCUT2D eigenvalue weighted by molar-refractivity contribution is 7.94. The van der Waals surface area contributed by atoms with Gasteiger partial charge in [-0.15, -0.1) is 0 Å². The van der Waals surface area contributed by atoms with E-state index in [9.17, 15) is 8.42 Å². The summed E-state index contributed by atoms with van der Waals surface area (Å²) in [6.07, 6.45) is 1.40. The van der Waals surface area contributed by atoms with Crippen molar-refractivity contribution in [3.05, 3.63) is 63.7 Å². The largest absolute Gasteiger partial charge is 0.237 e. The maximum absolute atomic E-state index is 12.0. The number of nitrogens with zero attached hydrogens (tertiary/aromatic N) is 1. The molecule has 0 aliphatic rings. The molecule has 2 aromatic rings. The highest BCUT2D eigenvalue weighted by Crippen LogP contribution is 2.17. The highest BCUT2D eigenvalue weighted by atomic mass is 35.5. The van der Waals surface area contributed by atoms with Crippen molar-refractivity contribution in [2.75, 3.05) is 0 Å². The Labute approximate surface area is 121 Å². The summed E-state index contributed by atoms with van der Waals surface area (Å²) in [5.41, 5.74) is 0.477. The van der Waals surface area contributed by atoms with E-state index >= 15 is 0 Å². The summed E-state index contributed by atoms with van der Waals surface area (Å²) >= 11 is 11.4. The molecule has 0 N–H and O–H groups in total. The van der Waals surface area contributed by atoms with E-state index in [1.807, 2.05) is 0 Å². The Bertz CT molecular complexity index is 710. The molecule has 1 aromatic carbocycles. The third kappa shape index (κ3) is 3.80. The number of hydrogen-bond donors (Lipinski definition) is 0. The van der Waals surface area contributed by atoms with Gasteiger partial charge in [0.1, 0.15) is 5.15 Å². The second-order valence-electron chi connectivity index (χ2n) is 3.69. The molecule has 98 valence electrons. The van der Waals surface area contributed by atoms with Crippen molar-refractivity contribution in [1.82, 2.24) is 4.98 Å². The normalized spacial score (nSPS) is 11.9. The second kappa shape index (κ2) is 5.74. The zero-order valence-corrected chi connectivity index (χ0v) is 12.0. The SMILES string of the molecule is O=S(=O)(/C=C/c1cccc(Cl)n1)c1ccc(Cl)cc1. The average molecular weight is 314 g/mol. The quantitative estimate of drug-likeness (QED) is 0.809. The predicted molar refractivity (Wildman–Crippen MR) is 76.9 cm³/mol. The molecule has 0 unspecified atom stereocenters. The van der Waals surface area contributed by atoms with Crippen molar-refractivity contribution in [2.45, 2.75) is 4.90 Å². The first-order chi connectivity index (χ1) is 8.97. The molecule has 3 nitrogen and oxygen atoms in total. The summed E-state index contributed by atoms with van der Waals surface area (Å²) in [5.74, 6) is 0. The molecule has 2 rings (SSSR count). The lowest BCUT2D eigenvalue weighted by atomic mass is 10.3. The summed E-state index contributed by atoms with van der Waals surface area (Å²) in [5, 5.41) is 1.89. The first kappa shape index (κ1) is 14.1. The Kier molecular flexibility index (Phi) is 4.24. The van der Waals surface area contributed by atoms with E-state index in [4.69, 9.17) is 23.2 Å². The topological polar surface area (TPSA) is 47.0 Å². The van der Waals surface area contributed by atoms with E-state index in [0.717, 1.165) is 5.41 Å². The lowest BCUT2D eigenvalue weighted by Gasteiger charge is -1.99. The predicted octanol–water partition coefficient (Wildman–Crippen LogP) is 3.83. The highest BCUT2D eigenvalue weighted by Gasteiger charge is 2.09. The Morgan fingerprint density at radius 2 is 1.68 bits per heavy atom. The van der Waals surface area contributed by atoms with Crippen LogP contribution in [-0.2, 0) is 9.84 Å². The van der Waals surface area contributed by atoms with Gasteiger partial charge in [0.15, 0.2) is 9.84 Å². The summed E-state index contributed by atoms with van der Waals surface area (Å²) < 4.78 is 24.0. The zero-order chi connectivity index (χ0) is 13.9. The molecule has 6 heteroatoms. The number of benzene rings is 1. The van der Waals surface area contributed by atoms with Gasteiger partial charge in [-0.25, -0.2) is 13.4 Å². The van der Waals surface area contributed by atoms with Gasteiger partial charge in [0.2, 0.25) is 0 Å². The van der Waals surface area contributed by atoms with Gasteiger partial charge < -0.3 is 0 Å². The fraction of sp³-hybridized carbons (Fsp3) is 0. The maximum Gasteiger partial charge on any atom is 0.199 e. The second-order valence-corrected chi connectivity index (χ2v) is 6.34. The minimum atomic E-state index is -3.51. The maximum atomic E-state index is 12.0. The van der Waals surface area contributed by atoms with Gasteiger partial charge in [-0.3, -0.25) is 0 Å². The molecule has 0 saturated heterocycles. The first-order valence-corrected chi connectivity index (χ1v) is 7.59. The van der Waals surface area contributed by atoms with Crippen LogP contribution in [0.15, 0.2) is 52.8 Å². The molecule has 0 atom stereocenters. The lowest BCUT2D eigenvalue weighted by molar-refractivity contribution is 0.605. The number of hydrogen-bond acceptors (Lipinski definition) is 3. The van der Waals surface area contributed by atoms with Crippen LogP contribution in [0, 0.1) is 0 Å². The van der Waals surface area contributed by atoms with Gasteiger partial charge in [0, 0.05) is 10.4 Å². The van der Waals surface area contributed by atoms with E-state index in [0.29, 0.717) is 15.9 Å². The molecule has 0 amide bonds. The van der Waals surface area contributed by atoms with Crippen LogP contribution < -0.4 is 0 Å². The van der Waals surface area contributed by atoms with Gasteiger partial charge in [0.25, 0.3) is 0 Å². The van der Waals surface area contributed by atoms with Crippen LogP contribution in [-0.4, -0.2) is 13.4 Å². The first-order valence-electron chi connectivity index (χ1n) is 5.29. The van der Waals surface area contributed by atoms with Crippen LogP contribution in [0.1, 0.15) is 5.69 Å². The van der Waals surface area contributed by atoms with Crippen LogP contribution in [0.4, 0.5) is 0 Å². The smallest absolute Gasteiger partial charge is 0.199 e. The van der Waals surface area contributed by atoms with Crippen molar-refractivity contribution < 1.29 is 8.42 Å². The summed E-state index contributed by atoms with van der Waals surface area (Å²) in [7, 11) is -3.51. The fourth-order valence-electron chi connectivity index (χ4n) is 1.38. The number of pyridine rings is 1. The molecule has 0 fully saturated rings. The molecule has 0 saturated carbocycles. The standard InChI is InChI=1S/C13H9Cl2NO2S/c14-10-4-6-12(7-5-10)19(17,18)9-8-11-2-1-3-13(15)16-11/h1-9H/b9-8+. The average Bonchev–Trinajstić information content (AvgIpc) is 2.37. The van der Waals surface area contributed by atoms with E-state index in [2.05, 4.69) is 4.98 Å². The van der Waals surface area contributed by atoms with Gasteiger partial charge in [-0.2, -0.15) is 0 Å². The van der Waals surface area contributed by atoms with Crippen LogP contribution in [0.5, 0.6) is 0 Å². The van der Waals surface area contributed by atoms with Gasteiger partial charge in [-0.1, -0.05) is 29.3 Å². The minimum Gasteiger partial charge on any atom is -0.237 e. The van der Waals surface area contributed by atoms with Crippen molar-refractivity contribution in [2.24, 2.45) is 0 Å². The Balaban J connectivity index is 2.29. The van der Waals surface area contributed by atoms with E-state index in [1.165, 1.54) is 30.3 Å². The van der Waals surface area contributed by atoms with E-state index in [-0.39, 0.29) is 4.90 Å². The molecule has 1 aromatic heterocycles. The van der Waals surface area contributed by atoms with E-state index in [1.54, 1.807) is 18.2 Å². The van der Waals surface area contributed by atoms with Gasteiger partial charge in [0.05, 0.1) is 10.6 Å². The summed E-state index contributed by atoms with van der Waals surface area (Å²) in [6, 6.07) is 10.9. The molecular formula is C13H9Cl2NO2S. The third-order valence-corrected chi connectivity index (χ3v) is 4.18. The zero-order valence-electron chi connectivity index (χ0n) is 9.62. The molecule has 1 heterocycles. The minimum absolute atomic E-state index is 0.176. The molecule has 0 bridgehead atoms. The Morgan fingerprint density at radius 1 is 1.00 bits per heavy atom. The molecule has 0 spiro atoms. The van der Waals surface area contributed by atoms with Crippen LogP contribution in [0.25, 0.3) is 6.08 Å². The molecule has 19 heavy (non-hydrogen) atoms. The van der Waals surface area contributed by atoms with Crippen LogP contribution in [0.2, 0.25) is 10.2 Å². The fourth-order valence-corrected chi connectivity index (χ4v) is 2.67. The molecular weight excluding hydrogens is 305 g/mol. The number of halogens is 2.